The number of rotatable bonds is 4. The Labute approximate surface area is 156 Å². The third kappa shape index (κ3) is 4.48. The van der Waals surface area contributed by atoms with E-state index in [-0.39, 0.29) is 11.3 Å². The van der Waals surface area contributed by atoms with E-state index < -0.39 is 35.8 Å². The standard InChI is InChI=1S/C17H17F4IN2O/c1-16(2,25)11-7-13(12(8-23)17(19,20)21)24-15(14(11)18)9-3-5-10(22)6-4-9/h3-7,12,25H,8,23H2,1-2H3/t12-/m0/s1. The van der Waals surface area contributed by atoms with E-state index in [4.69, 9.17) is 5.73 Å². The average Bonchev–Trinajstić information content (AvgIpc) is 2.47. The van der Waals surface area contributed by atoms with Crippen molar-refractivity contribution in [2.45, 2.75) is 31.5 Å². The van der Waals surface area contributed by atoms with Gasteiger partial charge < -0.3 is 10.8 Å². The fourth-order valence-electron chi connectivity index (χ4n) is 2.39. The fourth-order valence-corrected chi connectivity index (χ4v) is 2.75. The molecule has 0 aliphatic heterocycles. The highest BCUT2D eigenvalue weighted by Gasteiger charge is 2.42. The molecule has 1 atom stereocenters. The molecule has 0 saturated carbocycles. The van der Waals surface area contributed by atoms with Crippen molar-refractivity contribution in [3.63, 3.8) is 0 Å². The Morgan fingerprint density at radius 1 is 1.20 bits per heavy atom. The summed E-state index contributed by atoms with van der Waals surface area (Å²) in [5.74, 6) is -2.90. The van der Waals surface area contributed by atoms with Gasteiger partial charge in [-0.15, -0.1) is 0 Å². The van der Waals surface area contributed by atoms with Crippen LogP contribution in [0.2, 0.25) is 0 Å². The third-order valence-electron chi connectivity index (χ3n) is 3.74. The summed E-state index contributed by atoms with van der Waals surface area (Å²) in [7, 11) is 0. The highest BCUT2D eigenvalue weighted by Crippen LogP contribution is 2.37. The van der Waals surface area contributed by atoms with Crippen molar-refractivity contribution in [3.8, 4) is 11.3 Å². The molecule has 0 bridgehead atoms. The lowest BCUT2D eigenvalue weighted by atomic mass is 9.92. The summed E-state index contributed by atoms with van der Waals surface area (Å²) < 4.78 is 55.5. The monoisotopic (exact) mass is 468 g/mol. The van der Waals surface area contributed by atoms with Crippen molar-refractivity contribution in [2.75, 3.05) is 6.54 Å². The molecule has 2 rings (SSSR count). The Hall–Kier alpha value is -1.26. The highest BCUT2D eigenvalue weighted by molar-refractivity contribution is 14.1. The van der Waals surface area contributed by atoms with Crippen molar-refractivity contribution in [2.24, 2.45) is 5.73 Å². The predicted octanol–water partition coefficient (Wildman–Crippen LogP) is 4.32. The van der Waals surface area contributed by atoms with Crippen LogP contribution in [0.25, 0.3) is 11.3 Å². The van der Waals surface area contributed by atoms with E-state index in [2.05, 4.69) is 27.6 Å². The molecule has 0 aliphatic carbocycles. The fraction of sp³-hybridized carbons (Fsp3) is 0.353. The van der Waals surface area contributed by atoms with E-state index in [1.54, 1.807) is 24.3 Å². The van der Waals surface area contributed by atoms with Gasteiger partial charge in [-0.1, -0.05) is 12.1 Å². The molecule has 0 unspecified atom stereocenters. The topological polar surface area (TPSA) is 59.1 Å². The molecular weight excluding hydrogens is 451 g/mol. The quantitative estimate of drug-likeness (QED) is 0.519. The Bertz CT molecular complexity index is 755. The largest absolute Gasteiger partial charge is 0.398 e. The molecule has 0 saturated heterocycles. The van der Waals surface area contributed by atoms with E-state index in [0.29, 0.717) is 5.56 Å². The van der Waals surface area contributed by atoms with Gasteiger partial charge in [-0.25, -0.2) is 9.37 Å². The van der Waals surface area contributed by atoms with Crippen LogP contribution in [-0.4, -0.2) is 22.8 Å². The van der Waals surface area contributed by atoms with Crippen LogP contribution in [0.5, 0.6) is 0 Å². The van der Waals surface area contributed by atoms with Crippen LogP contribution in [0.15, 0.2) is 30.3 Å². The van der Waals surface area contributed by atoms with Crippen molar-refractivity contribution < 1.29 is 22.7 Å². The van der Waals surface area contributed by atoms with Gasteiger partial charge in [0.05, 0.1) is 11.3 Å². The smallest absolute Gasteiger partial charge is 0.386 e. The molecule has 0 spiro atoms. The lowest BCUT2D eigenvalue weighted by Crippen LogP contribution is -2.30. The van der Waals surface area contributed by atoms with Crippen LogP contribution in [-0.2, 0) is 5.60 Å². The van der Waals surface area contributed by atoms with Gasteiger partial charge in [-0.3, -0.25) is 0 Å². The first-order chi connectivity index (χ1) is 11.4. The van der Waals surface area contributed by atoms with Crippen LogP contribution in [0.3, 0.4) is 0 Å². The van der Waals surface area contributed by atoms with E-state index in [1.807, 2.05) is 0 Å². The molecule has 3 nitrogen and oxygen atoms in total. The van der Waals surface area contributed by atoms with Crippen LogP contribution in [0.1, 0.15) is 31.0 Å². The molecule has 2 aromatic rings. The highest BCUT2D eigenvalue weighted by atomic mass is 127. The molecule has 25 heavy (non-hydrogen) atoms. The number of hydrogen-bond acceptors (Lipinski definition) is 3. The molecule has 8 heteroatoms. The molecule has 0 amide bonds. The summed E-state index contributed by atoms with van der Waals surface area (Å²) in [5.41, 5.74) is 3.01. The van der Waals surface area contributed by atoms with Gasteiger partial charge in [0.15, 0.2) is 5.82 Å². The lowest BCUT2D eigenvalue weighted by Gasteiger charge is -2.24. The number of benzene rings is 1. The summed E-state index contributed by atoms with van der Waals surface area (Å²) in [4.78, 5) is 3.90. The number of alkyl halides is 3. The van der Waals surface area contributed by atoms with Gasteiger partial charge in [0.1, 0.15) is 11.6 Å². The zero-order valence-electron chi connectivity index (χ0n) is 13.5. The van der Waals surface area contributed by atoms with Gasteiger partial charge in [0, 0.05) is 21.2 Å². The number of halogens is 5. The van der Waals surface area contributed by atoms with Crippen LogP contribution in [0.4, 0.5) is 17.6 Å². The molecule has 1 aromatic carbocycles. The first kappa shape index (κ1) is 20.1. The van der Waals surface area contributed by atoms with E-state index in [1.165, 1.54) is 13.8 Å². The van der Waals surface area contributed by atoms with Crippen molar-refractivity contribution in [1.29, 1.82) is 0 Å². The Kier molecular flexibility index (Phi) is 5.75. The van der Waals surface area contributed by atoms with E-state index in [0.717, 1.165) is 9.64 Å². The zero-order valence-corrected chi connectivity index (χ0v) is 15.7. The molecule has 0 radical (unpaired) electrons. The number of aromatic nitrogens is 1. The van der Waals surface area contributed by atoms with Crippen molar-refractivity contribution >= 4 is 22.6 Å². The summed E-state index contributed by atoms with van der Waals surface area (Å²) >= 11 is 2.06. The summed E-state index contributed by atoms with van der Waals surface area (Å²) in [6, 6.07) is 7.46. The van der Waals surface area contributed by atoms with E-state index in [9.17, 15) is 22.7 Å². The molecular formula is C17H17F4IN2O. The first-order valence-electron chi connectivity index (χ1n) is 7.41. The molecule has 1 aromatic heterocycles. The van der Waals surface area contributed by atoms with Gasteiger partial charge in [0.2, 0.25) is 0 Å². The minimum atomic E-state index is -4.63. The maximum absolute atomic E-state index is 14.9. The van der Waals surface area contributed by atoms with Gasteiger partial charge in [-0.05, 0) is 54.6 Å². The second-order valence-corrected chi connectivity index (χ2v) is 7.40. The number of hydrogen-bond donors (Lipinski definition) is 2. The van der Waals surface area contributed by atoms with Crippen LogP contribution >= 0.6 is 22.6 Å². The van der Waals surface area contributed by atoms with E-state index >= 15 is 0 Å². The van der Waals surface area contributed by atoms with Crippen LogP contribution < -0.4 is 5.73 Å². The second-order valence-electron chi connectivity index (χ2n) is 6.15. The van der Waals surface area contributed by atoms with Crippen molar-refractivity contribution in [1.82, 2.24) is 4.98 Å². The third-order valence-corrected chi connectivity index (χ3v) is 4.46. The number of nitrogens with zero attached hydrogens (tertiary/aromatic N) is 1. The summed E-state index contributed by atoms with van der Waals surface area (Å²) in [5, 5.41) is 10.2. The normalized spacial score (nSPS) is 13.8. The number of aliphatic hydroxyl groups is 1. The summed E-state index contributed by atoms with van der Waals surface area (Å²) in [6.07, 6.45) is -4.63. The van der Waals surface area contributed by atoms with Crippen molar-refractivity contribution in [3.05, 3.63) is 51.0 Å². The minimum absolute atomic E-state index is 0.242. The minimum Gasteiger partial charge on any atom is -0.386 e. The number of pyridine rings is 1. The number of nitrogens with two attached hydrogens (primary N) is 1. The maximum Gasteiger partial charge on any atom is 0.398 e. The average molecular weight is 468 g/mol. The Morgan fingerprint density at radius 3 is 2.20 bits per heavy atom. The van der Waals surface area contributed by atoms with Gasteiger partial charge >= 0.3 is 6.18 Å². The Morgan fingerprint density at radius 2 is 1.76 bits per heavy atom. The summed E-state index contributed by atoms with van der Waals surface area (Å²) in [6.45, 7) is 1.88. The van der Waals surface area contributed by atoms with Crippen LogP contribution in [0, 0.1) is 9.39 Å². The Balaban J connectivity index is 2.74. The maximum atomic E-state index is 14.9. The van der Waals surface area contributed by atoms with Gasteiger partial charge in [-0.2, -0.15) is 13.2 Å². The molecule has 136 valence electrons. The second kappa shape index (κ2) is 7.16. The molecule has 0 fully saturated rings. The lowest BCUT2D eigenvalue weighted by molar-refractivity contribution is -0.148. The predicted molar refractivity (Wildman–Crippen MR) is 95.4 cm³/mol. The first-order valence-corrected chi connectivity index (χ1v) is 8.49. The molecule has 1 heterocycles. The SMILES string of the molecule is CC(C)(O)c1cc([C@H](CN)C(F)(F)F)nc(-c2ccc(I)cc2)c1F. The zero-order chi connectivity index (χ0) is 19.0. The molecule has 3 N–H and O–H groups in total. The molecule has 0 aliphatic rings. The van der Waals surface area contributed by atoms with Gasteiger partial charge in [0.25, 0.3) is 0 Å².